The molecule has 0 aliphatic carbocycles. The number of hydrogen-bond donors (Lipinski definition) is 0. The van der Waals surface area contributed by atoms with Crippen molar-refractivity contribution in [3.63, 3.8) is 0 Å². The van der Waals surface area contributed by atoms with Crippen molar-refractivity contribution in [3.8, 4) is 0 Å². The van der Waals surface area contributed by atoms with E-state index >= 15 is 0 Å². The van der Waals surface area contributed by atoms with Gasteiger partial charge in [-0.05, 0) is 17.0 Å². The molecule has 2 aromatic rings. The summed E-state index contributed by atoms with van der Waals surface area (Å²) >= 11 is 1.31. The van der Waals surface area contributed by atoms with Crippen LogP contribution in [0.2, 0.25) is 0 Å². The fourth-order valence-electron chi connectivity index (χ4n) is 1.62. The molecule has 0 atom stereocenters. The molecule has 0 saturated carbocycles. The fraction of sp³-hybridized carbons (Fsp3) is 0.143. The Morgan fingerprint density at radius 1 is 1.41 bits per heavy atom. The Balaban J connectivity index is 2.21. The zero-order chi connectivity index (χ0) is 12.1. The Morgan fingerprint density at radius 3 is 3.12 bits per heavy atom. The second-order valence-corrected chi connectivity index (χ2v) is 4.85. The summed E-state index contributed by atoms with van der Waals surface area (Å²) in [5, 5.41) is 2.47. The maximum atomic E-state index is 10.8. The van der Waals surface area contributed by atoms with E-state index in [1.165, 1.54) is 17.1 Å². The van der Waals surface area contributed by atoms with Crippen LogP contribution in [0, 0.1) is 0 Å². The quantitative estimate of drug-likeness (QED) is 0.826. The van der Waals surface area contributed by atoms with Crippen LogP contribution in [0.1, 0.15) is 12.5 Å². The second-order valence-electron chi connectivity index (χ2n) is 3.65. The highest BCUT2D eigenvalue weighted by Crippen LogP contribution is 2.18. The molecule has 2 rings (SSSR count). The lowest BCUT2D eigenvalue weighted by Crippen LogP contribution is -1.83. The van der Waals surface area contributed by atoms with Gasteiger partial charge in [-0.2, -0.15) is 0 Å². The molecular weight excluding hydrogens is 230 g/mol. The van der Waals surface area contributed by atoms with E-state index in [0.717, 1.165) is 10.9 Å². The van der Waals surface area contributed by atoms with Crippen molar-refractivity contribution in [2.75, 3.05) is 5.75 Å². The van der Waals surface area contributed by atoms with E-state index in [1.54, 1.807) is 13.1 Å². The van der Waals surface area contributed by atoms with Crippen LogP contribution in [0.25, 0.3) is 16.8 Å². The van der Waals surface area contributed by atoms with E-state index < -0.39 is 0 Å². The Morgan fingerprint density at radius 2 is 2.29 bits per heavy atom. The SMILES string of the molecule is CC(=O)SCC=Cc1cccc2ccncc12. The first-order valence-corrected chi connectivity index (χ1v) is 6.38. The number of hydrogen-bond acceptors (Lipinski definition) is 3. The lowest BCUT2D eigenvalue weighted by Gasteiger charge is -2.00. The smallest absolute Gasteiger partial charge is 0.186 e. The monoisotopic (exact) mass is 243 g/mol. The fourth-order valence-corrected chi connectivity index (χ4v) is 2.05. The molecule has 1 heterocycles. The van der Waals surface area contributed by atoms with Gasteiger partial charge in [0, 0.05) is 30.5 Å². The van der Waals surface area contributed by atoms with Gasteiger partial charge >= 0.3 is 0 Å². The number of aromatic nitrogens is 1. The maximum absolute atomic E-state index is 10.8. The van der Waals surface area contributed by atoms with Crippen molar-refractivity contribution >= 4 is 33.7 Å². The predicted octanol–water partition coefficient (Wildman–Crippen LogP) is 3.53. The number of thioether (sulfide) groups is 1. The van der Waals surface area contributed by atoms with Crippen molar-refractivity contribution in [1.29, 1.82) is 0 Å². The zero-order valence-corrected chi connectivity index (χ0v) is 10.4. The first kappa shape index (κ1) is 11.9. The molecule has 0 aliphatic heterocycles. The summed E-state index contributed by atoms with van der Waals surface area (Å²) in [6.45, 7) is 1.58. The third kappa shape index (κ3) is 3.17. The lowest BCUT2D eigenvalue weighted by molar-refractivity contribution is -0.109. The first-order valence-electron chi connectivity index (χ1n) is 5.40. The highest BCUT2D eigenvalue weighted by Gasteiger charge is 1.96. The minimum atomic E-state index is 0.147. The Bertz CT molecular complexity index is 558. The number of benzene rings is 1. The van der Waals surface area contributed by atoms with Crippen molar-refractivity contribution in [2.45, 2.75) is 6.92 Å². The molecule has 2 nitrogen and oxygen atoms in total. The maximum Gasteiger partial charge on any atom is 0.186 e. The van der Waals surface area contributed by atoms with Crippen LogP contribution >= 0.6 is 11.8 Å². The summed E-state index contributed by atoms with van der Waals surface area (Å²) in [6, 6.07) is 8.15. The number of nitrogens with zero attached hydrogens (tertiary/aromatic N) is 1. The van der Waals surface area contributed by atoms with E-state index in [9.17, 15) is 4.79 Å². The molecule has 0 unspecified atom stereocenters. The molecule has 0 radical (unpaired) electrons. The van der Waals surface area contributed by atoms with Gasteiger partial charge in [-0.3, -0.25) is 9.78 Å². The molecule has 0 bridgehead atoms. The highest BCUT2D eigenvalue weighted by molar-refractivity contribution is 8.13. The zero-order valence-electron chi connectivity index (χ0n) is 9.59. The summed E-state index contributed by atoms with van der Waals surface area (Å²) in [6.07, 6.45) is 7.71. The average molecular weight is 243 g/mol. The van der Waals surface area contributed by atoms with E-state index in [2.05, 4.69) is 17.1 Å². The summed E-state index contributed by atoms with van der Waals surface area (Å²) in [5.74, 6) is 0.714. The van der Waals surface area contributed by atoms with Crippen LogP contribution in [-0.4, -0.2) is 15.9 Å². The summed E-state index contributed by atoms with van der Waals surface area (Å²) in [7, 11) is 0. The lowest BCUT2D eigenvalue weighted by atomic mass is 10.1. The van der Waals surface area contributed by atoms with Crippen molar-refractivity contribution in [1.82, 2.24) is 4.98 Å². The van der Waals surface area contributed by atoms with Crippen molar-refractivity contribution in [3.05, 3.63) is 48.3 Å². The Hall–Kier alpha value is -1.61. The van der Waals surface area contributed by atoms with Gasteiger partial charge in [0.05, 0.1) is 0 Å². The summed E-state index contributed by atoms with van der Waals surface area (Å²) < 4.78 is 0. The van der Waals surface area contributed by atoms with Crippen LogP contribution in [-0.2, 0) is 4.79 Å². The van der Waals surface area contributed by atoms with Gasteiger partial charge < -0.3 is 0 Å². The van der Waals surface area contributed by atoms with Gasteiger partial charge in [0.25, 0.3) is 0 Å². The molecule has 0 saturated heterocycles. The third-order valence-electron chi connectivity index (χ3n) is 2.40. The molecule has 17 heavy (non-hydrogen) atoms. The van der Waals surface area contributed by atoms with Crippen LogP contribution in [0.15, 0.2) is 42.7 Å². The molecule has 1 aromatic heterocycles. The van der Waals surface area contributed by atoms with Gasteiger partial charge in [0.15, 0.2) is 5.12 Å². The van der Waals surface area contributed by atoms with Crippen LogP contribution in [0.4, 0.5) is 0 Å². The van der Waals surface area contributed by atoms with Crippen LogP contribution < -0.4 is 0 Å². The normalized spacial score (nSPS) is 11.1. The Kier molecular flexibility index (Phi) is 3.94. The molecule has 0 aliphatic rings. The summed E-state index contributed by atoms with van der Waals surface area (Å²) in [5.41, 5.74) is 1.14. The number of rotatable bonds is 3. The van der Waals surface area contributed by atoms with Gasteiger partial charge in [-0.15, -0.1) is 0 Å². The third-order valence-corrected chi connectivity index (χ3v) is 3.16. The predicted molar refractivity (Wildman–Crippen MR) is 73.9 cm³/mol. The second kappa shape index (κ2) is 5.64. The van der Waals surface area contributed by atoms with Crippen LogP contribution in [0.3, 0.4) is 0 Å². The number of fused-ring (bicyclic) bond motifs is 1. The van der Waals surface area contributed by atoms with E-state index in [0.29, 0.717) is 5.75 Å². The topological polar surface area (TPSA) is 30.0 Å². The molecule has 0 N–H and O–H groups in total. The van der Waals surface area contributed by atoms with Gasteiger partial charge in [-0.25, -0.2) is 0 Å². The van der Waals surface area contributed by atoms with Crippen molar-refractivity contribution in [2.24, 2.45) is 0 Å². The van der Waals surface area contributed by atoms with Gasteiger partial charge in [0.2, 0.25) is 0 Å². The highest BCUT2D eigenvalue weighted by atomic mass is 32.2. The van der Waals surface area contributed by atoms with Crippen LogP contribution in [0.5, 0.6) is 0 Å². The minimum absolute atomic E-state index is 0.147. The molecule has 0 spiro atoms. The van der Waals surface area contributed by atoms with Crippen molar-refractivity contribution < 1.29 is 4.79 Å². The van der Waals surface area contributed by atoms with E-state index in [4.69, 9.17) is 0 Å². The largest absolute Gasteiger partial charge is 0.288 e. The first-order chi connectivity index (χ1) is 8.27. The van der Waals surface area contributed by atoms with E-state index in [1.807, 2.05) is 30.5 Å². The van der Waals surface area contributed by atoms with E-state index in [-0.39, 0.29) is 5.12 Å². The summed E-state index contributed by atoms with van der Waals surface area (Å²) in [4.78, 5) is 14.9. The molecule has 3 heteroatoms. The number of pyridine rings is 1. The minimum Gasteiger partial charge on any atom is -0.288 e. The van der Waals surface area contributed by atoms with Gasteiger partial charge in [-0.1, -0.05) is 42.1 Å². The molecular formula is C14H13NOS. The number of carbonyl (C=O) groups is 1. The van der Waals surface area contributed by atoms with Gasteiger partial charge in [0.1, 0.15) is 0 Å². The molecule has 0 amide bonds. The molecule has 1 aromatic carbocycles. The molecule has 0 fully saturated rings. The number of carbonyl (C=O) groups excluding carboxylic acids is 1. The molecule has 86 valence electrons. The Labute approximate surface area is 105 Å². The average Bonchev–Trinajstić information content (AvgIpc) is 2.34. The standard InChI is InChI=1S/C14H13NOS/c1-11(16)17-9-3-6-12-4-2-5-13-7-8-15-10-14(12)13/h2-8,10H,9H2,1H3.